The summed E-state index contributed by atoms with van der Waals surface area (Å²) in [5.41, 5.74) is 0.370. The van der Waals surface area contributed by atoms with Crippen LogP contribution in [0.2, 0.25) is 5.02 Å². The number of para-hydroxylation sites is 1. The van der Waals surface area contributed by atoms with Gasteiger partial charge in [0.15, 0.2) is 0 Å². The molecule has 0 aromatic heterocycles. The van der Waals surface area contributed by atoms with E-state index in [4.69, 9.17) is 11.6 Å². The number of rotatable bonds is 5. The molecule has 3 aromatic rings. The second kappa shape index (κ2) is 9.40. The van der Waals surface area contributed by atoms with Crippen molar-refractivity contribution in [1.29, 1.82) is 0 Å². The number of Topliss-reactive ketones (excluding diaryl/α,β-unsaturated/α-hetero) is 1. The van der Waals surface area contributed by atoms with Gasteiger partial charge in [0.1, 0.15) is 11.8 Å². The number of ketones is 1. The quantitative estimate of drug-likeness (QED) is 0.173. The van der Waals surface area contributed by atoms with Gasteiger partial charge >= 0.3 is 0 Å². The monoisotopic (exact) mass is 491 g/mol. The summed E-state index contributed by atoms with van der Waals surface area (Å²) in [6.07, 6.45) is 0. The lowest BCUT2D eigenvalue weighted by Gasteiger charge is -2.25. The summed E-state index contributed by atoms with van der Waals surface area (Å²) < 4.78 is 0. The Balaban J connectivity index is 1.94. The summed E-state index contributed by atoms with van der Waals surface area (Å²) in [6, 6.07) is 16.5. The highest BCUT2D eigenvalue weighted by Crippen LogP contribution is 2.44. The van der Waals surface area contributed by atoms with Crippen molar-refractivity contribution in [3.63, 3.8) is 0 Å². The van der Waals surface area contributed by atoms with Crippen molar-refractivity contribution in [1.82, 2.24) is 0 Å². The standard InChI is InChI=1S/C25H18ClN3O6/c1-14(30)27-17-10-12-18(13-11-17)28-22(19-4-2-3-5-20(19)29(34)35)21(24(32)25(28)33)23(31)15-6-8-16(26)9-7-15/h2-13,22,31H,1H3,(H,27,30). The van der Waals surface area contributed by atoms with Crippen molar-refractivity contribution in [3.8, 4) is 0 Å². The molecule has 9 nitrogen and oxygen atoms in total. The first-order valence-corrected chi connectivity index (χ1v) is 10.7. The number of hydrogen-bond acceptors (Lipinski definition) is 6. The van der Waals surface area contributed by atoms with Crippen molar-refractivity contribution in [3.05, 3.63) is 105 Å². The SMILES string of the molecule is CC(=O)Nc1ccc(N2C(=O)C(=O)C(=C(O)c3ccc(Cl)cc3)C2c2ccccc2[N+](=O)[O-])cc1. The van der Waals surface area contributed by atoms with Crippen LogP contribution in [0.15, 0.2) is 78.4 Å². The molecule has 1 saturated heterocycles. The third-order valence-electron chi connectivity index (χ3n) is 5.46. The van der Waals surface area contributed by atoms with E-state index in [1.807, 2.05) is 0 Å². The van der Waals surface area contributed by atoms with Gasteiger partial charge in [-0.2, -0.15) is 0 Å². The zero-order valence-electron chi connectivity index (χ0n) is 18.3. The molecule has 1 heterocycles. The number of carbonyl (C=O) groups excluding carboxylic acids is 3. The number of amides is 2. The highest BCUT2D eigenvalue weighted by Gasteiger charge is 2.48. The van der Waals surface area contributed by atoms with Crippen LogP contribution in [0.1, 0.15) is 24.1 Å². The minimum absolute atomic E-state index is 0.0538. The molecule has 35 heavy (non-hydrogen) atoms. The molecule has 3 aromatic carbocycles. The van der Waals surface area contributed by atoms with Gasteiger partial charge in [0, 0.05) is 35.0 Å². The minimum Gasteiger partial charge on any atom is -0.507 e. The molecular formula is C25H18ClN3O6. The predicted molar refractivity (Wildman–Crippen MR) is 130 cm³/mol. The molecule has 0 aliphatic carbocycles. The van der Waals surface area contributed by atoms with Crippen LogP contribution in [0.3, 0.4) is 0 Å². The van der Waals surface area contributed by atoms with E-state index < -0.39 is 28.4 Å². The van der Waals surface area contributed by atoms with E-state index in [0.717, 1.165) is 4.90 Å². The molecule has 10 heteroatoms. The zero-order chi connectivity index (χ0) is 25.3. The van der Waals surface area contributed by atoms with Gasteiger partial charge in [-0.3, -0.25) is 29.4 Å². The summed E-state index contributed by atoms with van der Waals surface area (Å²) >= 11 is 5.93. The molecule has 0 bridgehead atoms. The number of benzene rings is 3. The van der Waals surface area contributed by atoms with Crippen LogP contribution in [0.4, 0.5) is 17.1 Å². The van der Waals surface area contributed by atoms with Crippen LogP contribution in [-0.4, -0.2) is 27.6 Å². The minimum atomic E-state index is -1.28. The lowest BCUT2D eigenvalue weighted by atomic mass is 9.94. The third kappa shape index (κ3) is 4.49. The topological polar surface area (TPSA) is 130 Å². The van der Waals surface area contributed by atoms with Gasteiger partial charge in [-0.25, -0.2) is 0 Å². The molecule has 1 fully saturated rings. The van der Waals surface area contributed by atoms with E-state index in [1.165, 1.54) is 73.7 Å². The molecule has 1 aliphatic rings. The van der Waals surface area contributed by atoms with E-state index >= 15 is 0 Å². The summed E-state index contributed by atoms with van der Waals surface area (Å²) in [5, 5.41) is 25.9. The maximum Gasteiger partial charge on any atom is 0.300 e. The van der Waals surface area contributed by atoms with Gasteiger partial charge in [-0.05, 0) is 54.6 Å². The Morgan fingerprint density at radius 1 is 1.03 bits per heavy atom. The van der Waals surface area contributed by atoms with Crippen molar-refractivity contribution in [2.45, 2.75) is 13.0 Å². The number of carbonyl (C=O) groups is 3. The summed E-state index contributed by atoms with van der Waals surface area (Å²) in [7, 11) is 0. The van der Waals surface area contributed by atoms with E-state index in [1.54, 1.807) is 6.07 Å². The van der Waals surface area contributed by atoms with Gasteiger partial charge in [-0.15, -0.1) is 0 Å². The fraction of sp³-hybridized carbons (Fsp3) is 0.0800. The van der Waals surface area contributed by atoms with E-state index in [0.29, 0.717) is 10.7 Å². The number of aliphatic hydroxyl groups is 1. The van der Waals surface area contributed by atoms with Crippen LogP contribution in [-0.2, 0) is 14.4 Å². The van der Waals surface area contributed by atoms with Crippen LogP contribution in [0.25, 0.3) is 5.76 Å². The van der Waals surface area contributed by atoms with Crippen molar-refractivity contribution >= 4 is 52.0 Å². The normalized spacial score (nSPS) is 16.9. The zero-order valence-corrected chi connectivity index (χ0v) is 19.0. The summed E-state index contributed by atoms with van der Waals surface area (Å²) in [4.78, 5) is 50.0. The number of aliphatic hydroxyl groups excluding tert-OH is 1. The Hall–Kier alpha value is -4.50. The van der Waals surface area contributed by atoms with Crippen molar-refractivity contribution < 1.29 is 24.4 Å². The van der Waals surface area contributed by atoms with E-state index in [-0.39, 0.29) is 34.0 Å². The fourth-order valence-corrected chi connectivity index (χ4v) is 4.08. The van der Waals surface area contributed by atoms with Crippen molar-refractivity contribution in [2.75, 3.05) is 10.2 Å². The molecule has 1 atom stereocenters. The average molecular weight is 492 g/mol. The van der Waals surface area contributed by atoms with Crippen LogP contribution in [0, 0.1) is 10.1 Å². The molecule has 0 spiro atoms. The van der Waals surface area contributed by atoms with Gasteiger partial charge in [-0.1, -0.05) is 23.7 Å². The number of halogens is 1. The lowest BCUT2D eigenvalue weighted by molar-refractivity contribution is -0.385. The fourth-order valence-electron chi connectivity index (χ4n) is 3.95. The molecule has 176 valence electrons. The second-order valence-corrected chi connectivity index (χ2v) is 8.16. The predicted octanol–water partition coefficient (Wildman–Crippen LogP) is 4.83. The van der Waals surface area contributed by atoms with E-state index in [2.05, 4.69) is 5.32 Å². The number of nitro groups is 1. The second-order valence-electron chi connectivity index (χ2n) is 7.72. The molecule has 1 aliphatic heterocycles. The van der Waals surface area contributed by atoms with Crippen LogP contribution in [0.5, 0.6) is 0 Å². The van der Waals surface area contributed by atoms with Crippen molar-refractivity contribution in [2.24, 2.45) is 0 Å². The molecule has 2 N–H and O–H groups in total. The maximum absolute atomic E-state index is 13.2. The highest BCUT2D eigenvalue weighted by molar-refractivity contribution is 6.51. The Morgan fingerprint density at radius 3 is 2.26 bits per heavy atom. The number of anilines is 2. The number of nitro benzene ring substituents is 1. The number of nitrogens with zero attached hydrogens (tertiary/aromatic N) is 2. The van der Waals surface area contributed by atoms with Gasteiger partial charge < -0.3 is 10.4 Å². The lowest BCUT2D eigenvalue weighted by Crippen LogP contribution is -2.29. The Kier molecular flexibility index (Phi) is 6.35. The largest absolute Gasteiger partial charge is 0.507 e. The molecular weight excluding hydrogens is 474 g/mol. The van der Waals surface area contributed by atoms with E-state index in [9.17, 15) is 29.6 Å². The highest BCUT2D eigenvalue weighted by atomic mass is 35.5. The van der Waals surface area contributed by atoms with Gasteiger partial charge in [0.05, 0.1) is 16.1 Å². The van der Waals surface area contributed by atoms with Crippen LogP contribution < -0.4 is 10.2 Å². The summed E-state index contributed by atoms with van der Waals surface area (Å²) in [6.45, 7) is 1.34. The first kappa shape index (κ1) is 23.7. The smallest absolute Gasteiger partial charge is 0.300 e. The third-order valence-corrected chi connectivity index (χ3v) is 5.71. The molecule has 0 saturated carbocycles. The number of hydrogen-bond donors (Lipinski definition) is 2. The Bertz CT molecular complexity index is 1380. The molecule has 4 rings (SSSR count). The van der Waals surface area contributed by atoms with Gasteiger partial charge in [0.2, 0.25) is 5.91 Å². The Labute approximate surface area is 204 Å². The molecule has 2 amide bonds. The first-order valence-electron chi connectivity index (χ1n) is 10.4. The number of nitrogens with one attached hydrogen (secondary N) is 1. The Morgan fingerprint density at radius 2 is 1.66 bits per heavy atom. The molecule has 0 radical (unpaired) electrons. The van der Waals surface area contributed by atoms with Crippen LogP contribution >= 0.6 is 11.6 Å². The average Bonchev–Trinajstić information content (AvgIpc) is 3.09. The maximum atomic E-state index is 13.2. The molecule has 1 unspecified atom stereocenters. The first-order chi connectivity index (χ1) is 16.7. The van der Waals surface area contributed by atoms with Gasteiger partial charge in [0.25, 0.3) is 17.4 Å². The summed E-state index contributed by atoms with van der Waals surface area (Å²) in [5.74, 6) is -2.73.